The first-order valence-electron chi connectivity index (χ1n) is 8.19. The van der Waals surface area contributed by atoms with E-state index in [0.29, 0.717) is 22.6 Å². The molecule has 1 heterocycles. The fourth-order valence-electron chi connectivity index (χ4n) is 2.76. The van der Waals surface area contributed by atoms with Crippen molar-refractivity contribution in [3.63, 3.8) is 0 Å². The van der Waals surface area contributed by atoms with E-state index in [2.05, 4.69) is 5.32 Å². The van der Waals surface area contributed by atoms with Gasteiger partial charge < -0.3 is 5.32 Å². The number of rotatable bonds is 4. The highest BCUT2D eigenvalue weighted by molar-refractivity contribution is 7.90. The first kappa shape index (κ1) is 18.9. The molecule has 142 valence electrons. The van der Waals surface area contributed by atoms with Crippen LogP contribution in [0.3, 0.4) is 0 Å². The summed E-state index contributed by atoms with van der Waals surface area (Å²) in [5.41, 5.74) is 1.99. The Bertz CT molecular complexity index is 987. The number of anilines is 3. The van der Waals surface area contributed by atoms with Crippen molar-refractivity contribution >= 4 is 39.1 Å². The van der Waals surface area contributed by atoms with Crippen molar-refractivity contribution in [2.24, 2.45) is 0 Å². The highest BCUT2D eigenvalue weighted by Crippen LogP contribution is 2.30. The van der Waals surface area contributed by atoms with Crippen LogP contribution in [0.25, 0.3) is 0 Å². The number of benzene rings is 2. The van der Waals surface area contributed by atoms with Gasteiger partial charge in [-0.1, -0.05) is 12.1 Å². The Hall–Kier alpha value is -2.91. The molecule has 0 saturated heterocycles. The van der Waals surface area contributed by atoms with Gasteiger partial charge in [0.05, 0.1) is 17.1 Å². The first-order chi connectivity index (χ1) is 12.7. The molecule has 0 spiro atoms. The largest absolute Gasteiger partial charge is 0.323 e. The molecule has 2 aromatic carbocycles. The van der Waals surface area contributed by atoms with Gasteiger partial charge in [-0.3, -0.25) is 18.8 Å². The number of carbonyl (C=O) groups excluding carboxylic acids is 2. The minimum absolute atomic E-state index is 0.0769. The molecule has 0 saturated carbocycles. The van der Waals surface area contributed by atoms with Crippen molar-refractivity contribution < 1.29 is 18.0 Å². The Balaban J connectivity index is 1.88. The van der Waals surface area contributed by atoms with Gasteiger partial charge in [0.1, 0.15) is 6.54 Å². The van der Waals surface area contributed by atoms with Crippen LogP contribution in [0, 0.1) is 0 Å². The van der Waals surface area contributed by atoms with Crippen LogP contribution >= 0.6 is 0 Å². The van der Waals surface area contributed by atoms with Crippen molar-refractivity contribution in [1.29, 1.82) is 0 Å². The lowest BCUT2D eigenvalue weighted by Gasteiger charge is -2.29. The number of hydrogen-bond acceptors (Lipinski definition) is 4. The highest BCUT2D eigenvalue weighted by atomic mass is 32.2. The quantitative estimate of drug-likeness (QED) is 0.860. The van der Waals surface area contributed by atoms with Gasteiger partial charge in [-0.15, -0.1) is 0 Å². The molecular weight excluding hydrogens is 368 g/mol. The minimum Gasteiger partial charge on any atom is -0.323 e. The van der Waals surface area contributed by atoms with Crippen LogP contribution in [0.15, 0.2) is 48.5 Å². The SMILES string of the molecule is CN(C)S(=O)(=O)N(C)c1ccc(C(=O)N2CC(=O)Nc3ccccc32)cc1. The van der Waals surface area contributed by atoms with E-state index in [9.17, 15) is 18.0 Å². The molecule has 1 aliphatic rings. The summed E-state index contributed by atoms with van der Waals surface area (Å²) in [6, 6.07) is 13.3. The number of amides is 2. The summed E-state index contributed by atoms with van der Waals surface area (Å²) in [5, 5.41) is 2.74. The summed E-state index contributed by atoms with van der Waals surface area (Å²) < 4.78 is 26.6. The fraction of sp³-hybridized carbons (Fsp3) is 0.222. The highest BCUT2D eigenvalue weighted by Gasteiger charge is 2.28. The van der Waals surface area contributed by atoms with E-state index in [1.807, 2.05) is 0 Å². The summed E-state index contributed by atoms with van der Waals surface area (Å²) in [6.07, 6.45) is 0. The van der Waals surface area contributed by atoms with Crippen molar-refractivity contribution in [2.75, 3.05) is 42.2 Å². The number of hydrogen-bond donors (Lipinski definition) is 1. The van der Waals surface area contributed by atoms with Crippen LogP contribution < -0.4 is 14.5 Å². The zero-order valence-corrected chi connectivity index (χ0v) is 16.0. The summed E-state index contributed by atoms with van der Waals surface area (Å²) in [5.74, 6) is -0.600. The molecule has 27 heavy (non-hydrogen) atoms. The number of carbonyl (C=O) groups is 2. The molecule has 9 heteroatoms. The Morgan fingerprint density at radius 2 is 1.67 bits per heavy atom. The Morgan fingerprint density at radius 3 is 2.30 bits per heavy atom. The summed E-state index contributed by atoms with van der Waals surface area (Å²) in [6.45, 7) is -0.0769. The third-order valence-electron chi connectivity index (χ3n) is 4.30. The molecule has 8 nitrogen and oxygen atoms in total. The zero-order chi connectivity index (χ0) is 19.8. The lowest BCUT2D eigenvalue weighted by molar-refractivity contribution is -0.115. The van der Waals surface area contributed by atoms with Crippen molar-refractivity contribution in [3.8, 4) is 0 Å². The standard InChI is InChI=1S/C18H20N4O4S/c1-20(2)27(25,26)21(3)14-10-8-13(9-11-14)18(24)22-12-17(23)19-15-6-4-5-7-16(15)22/h4-11H,12H2,1-3H3,(H,19,23). The van der Waals surface area contributed by atoms with E-state index in [1.165, 1.54) is 26.0 Å². The van der Waals surface area contributed by atoms with Gasteiger partial charge in [-0.05, 0) is 36.4 Å². The molecule has 0 radical (unpaired) electrons. The maximum absolute atomic E-state index is 12.9. The maximum atomic E-state index is 12.9. The van der Waals surface area contributed by atoms with Crippen molar-refractivity contribution in [2.45, 2.75) is 0 Å². The minimum atomic E-state index is -3.61. The second kappa shape index (κ2) is 7.01. The summed E-state index contributed by atoms with van der Waals surface area (Å²) in [7, 11) is 0.723. The molecule has 0 unspecified atom stereocenters. The lowest BCUT2D eigenvalue weighted by Crippen LogP contribution is -2.42. The maximum Gasteiger partial charge on any atom is 0.303 e. The molecule has 0 fully saturated rings. The predicted octanol–water partition coefficient (Wildman–Crippen LogP) is 1.53. The number of nitrogens with one attached hydrogen (secondary N) is 1. The molecule has 0 aliphatic carbocycles. The molecule has 0 aromatic heterocycles. The molecule has 1 aliphatic heterocycles. The zero-order valence-electron chi connectivity index (χ0n) is 15.2. The lowest BCUT2D eigenvalue weighted by atomic mass is 10.1. The van der Waals surface area contributed by atoms with Crippen LogP contribution in [-0.4, -0.2) is 52.2 Å². The Labute approximate surface area is 158 Å². The first-order valence-corrected chi connectivity index (χ1v) is 9.58. The molecule has 3 rings (SSSR count). The average molecular weight is 388 g/mol. The van der Waals surface area contributed by atoms with E-state index in [1.54, 1.807) is 48.5 Å². The molecular formula is C18H20N4O4S. The Morgan fingerprint density at radius 1 is 1.04 bits per heavy atom. The van der Waals surface area contributed by atoms with Crippen LogP contribution in [0.5, 0.6) is 0 Å². The second-order valence-electron chi connectivity index (χ2n) is 6.26. The van der Waals surface area contributed by atoms with Gasteiger partial charge in [-0.2, -0.15) is 12.7 Å². The number of fused-ring (bicyclic) bond motifs is 1. The van der Waals surface area contributed by atoms with E-state index < -0.39 is 10.2 Å². The van der Waals surface area contributed by atoms with Gasteiger partial charge in [-0.25, -0.2) is 0 Å². The second-order valence-corrected chi connectivity index (χ2v) is 8.43. The number of para-hydroxylation sites is 2. The van der Waals surface area contributed by atoms with E-state index in [4.69, 9.17) is 0 Å². The molecule has 2 aromatic rings. The van der Waals surface area contributed by atoms with Crippen molar-refractivity contribution in [1.82, 2.24) is 4.31 Å². The van der Waals surface area contributed by atoms with Gasteiger partial charge in [0.15, 0.2) is 0 Å². The predicted molar refractivity (Wildman–Crippen MR) is 104 cm³/mol. The Kier molecular flexibility index (Phi) is 4.90. The topological polar surface area (TPSA) is 90.0 Å². The van der Waals surface area contributed by atoms with Gasteiger partial charge in [0.2, 0.25) is 5.91 Å². The van der Waals surface area contributed by atoms with Crippen LogP contribution in [0.2, 0.25) is 0 Å². The molecule has 0 atom stereocenters. The summed E-state index contributed by atoms with van der Waals surface area (Å²) in [4.78, 5) is 26.2. The molecule has 1 N–H and O–H groups in total. The van der Waals surface area contributed by atoms with Crippen LogP contribution in [0.4, 0.5) is 17.1 Å². The molecule has 2 amide bonds. The van der Waals surface area contributed by atoms with Gasteiger partial charge >= 0.3 is 10.2 Å². The smallest absolute Gasteiger partial charge is 0.303 e. The van der Waals surface area contributed by atoms with E-state index >= 15 is 0 Å². The monoisotopic (exact) mass is 388 g/mol. The summed E-state index contributed by atoms with van der Waals surface area (Å²) >= 11 is 0. The fourth-order valence-corrected chi connectivity index (χ4v) is 3.64. The average Bonchev–Trinajstić information content (AvgIpc) is 2.66. The van der Waals surface area contributed by atoms with E-state index in [-0.39, 0.29) is 18.4 Å². The van der Waals surface area contributed by atoms with Gasteiger partial charge in [0.25, 0.3) is 5.91 Å². The third kappa shape index (κ3) is 3.51. The molecule has 0 bridgehead atoms. The van der Waals surface area contributed by atoms with Gasteiger partial charge in [0, 0.05) is 26.7 Å². The normalized spacial score (nSPS) is 13.9. The third-order valence-corrected chi connectivity index (χ3v) is 6.13. The number of nitrogens with zero attached hydrogens (tertiary/aromatic N) is 3. The van der Waals surface area contributed by atoms with E-state index in [0.717, 1.165) is 8.61 Å². The van der Waals surface area contributed by atoms with Crippen LogP contribution in [0.1, 0.15) is 10.4 Å². The van der Waals surface area contributed by atoms with Crippen LogP contribution in [-0.2, 0) is 15.0 Å². The van der Waals surface area contributed by atoms with Crippen molar-refractivity contribution in [3.05, 3.63) is 54.1 Å².